The molecule has 82 valence electrons. The van der Waals surface area contributed by atoms with Gasteiger partial charge in [0.25, 0.3) is 0 Å². The van der Waals surface area contributed by atoms with Crippen LogP contribution in [0.15, 0.2) is 18.2 Å². The number of hydrogen-bond donors (Lipinski definition) is 0. The van der Waals surface area contributed by atoms with Gasteiger partial charge in [0.1, 0.15) is 12.4 Å². The maximum absolute atomic E-state index is 11.0. The van der Waals surface area contributed by atoms with Crippen molar-refractivity contribution in [3.05, 3.63) is 28.2 Å². The minimum atomic E-state index is -0.825. The number of carbonyl (C=O) groups is 1. The van der Waals surface area contributed by atoms with Crippen LogP contribution in [0.25, 0.3) is 0 Å². The highest BCUT2D eigenvalue weighted by Gasteiger charge is 2.07. The molecule has 0 unspecified atom stereocenters. The summed E-state index contributed by atoms with van der Waals surface area (Å²) in [6.45, 7) is 0.0989. The van der Waals surface area contributed by atoms with Gasteiger partial charge in [0, 0.05) is 6.07 Å². The molecule has 1 aromatic rings. The fourth-order valence-corrected chi connectivity index (χ4v) is 1.15. The van der Waals surface area contributed by atoms with E-state index in [0.717, 1.165) is 0 Å². The second-order valence-corrected chi connectivity index (χ2v) is 3.66. The molecule has 0 amide bonds. The molecule has 3 nitrogen and oxygen atoms in total. The highest BCUT2D eigenvalue weighted by molar-refractivity contribution is 6.42. The molecule has 0 aliphatic carbocycles. The molecule has 0 radical (unpaired) electrons. The van der Waals surface area contributed by atoms with Gasteiger partial charge in [-0.1, -0.05) is 23.2 Å². The lowest BCUT2D eigenvalue weighted by Crippen LogP contribution is -2.11. The van der Waals surface area contributed by atoms with Crippen molar-refractivity contribution in [3.63, 3.8) is 0 Å². The Kier molecular flexibility index (Phi) is 5.02. The van der Waals surface area contributed by atoms with E-state index in [4.69, 9.17) is 39.5 Å². The van der Waals surface area contributed by atoms with Gasteiger partial charge in [-0.2, -0.15) is 0 Å². The summed E-state index contributed by atoms with van der Waals surface area (Å²) < 4.78 is 9.39. The highest BCUT2D eigenvalue weighted by Crippen LogP contribution is 2.26. The molecule has 1 aromatic carbocycles. The summed E-state index contributed by atoms with van der Waals surface area (Å²) in [7, 11) is 0. The minimum Gasteiger partial charge on any atom is -0.433 e. The first-order valence-corrected chi connectivity index (χ1v) is 5.28. The average Bonchev–Trinajstić information content (AvgIpc) is 2.20. The first kappa shape index (κ1) is 12.4. The molecule has 0 aromatic heterocycles. The lowest BCUT2D eigenvalue weighted by Gasteiger charge is -2.05. The van der Waals surface area contributed by atoms with Crippen LogP contribution < -0.4 is 4.74 Å². The summed E-state index contributed by atoms with van der Waals surface area (Å²) in [5.41, 5.74) is 0. The van der Waals surface area contributed by atoms with Gasteiger partial charge in [0.2, 0.25) is 0 Å². The zero-order valence-corrected chi connectivity index (χ0v) is 9.77. The lowest BCUT2D eigenvalue weighted by molar-refractivity contribution is 0.105. The molecular weight excluding hydrogens is 262 g/mol. The SMILES string of the molecule is O=C(OCCCl)Oc1ccc(Cl)c(Cl)c1. The summed E-state index contributed by atoms with van der Waals surface area (Å²) in [5.74, 6) is 0.486. The van der Waals surface area contributed by atoms with Crippen LogP contribution >= 0.6 is 34.8 Å². The Hall–Kier alpha value is -0.640. The smallest absolute Gasteiger partial charge is 0.433 e. The molecule has 0 N–H and O–H groups in total. The summed E-state index contributed by atoms with van der Waals surface area (Å²) in [5, 5.41) is 0.692. The van der Waals surface area contributed by atoms with Crippen LogP contribution in [-0.2, 0) is 4.74 Å². The van der Waals surface area contributed by atoms with Crippen LogP contribution in [0.5, 0.6) is 5.75 Å². The van der Waals surface area contributed by atoms with Gasteiger partial charge >= 0.3 is 6.16 Å². The first-order valence-electron chi connectivity index (χ1n) is 3.99. The molecule has 15 heavy (non-hydrogen) atoms. The van der Waals surface area contributed by atoms with E-state index in [-0.39, 0.29) is 18.2 Å². The third-order valence-electron chi connectivity index (χ3n) is 1.39. The largest absolute Gasteiger partial charge is 0.513 e. The van der Waals surface area contributed by atoms with Gasteiger partial charge in [-0.25, -0.2) is 4.79 Å². The molecule has 0 spiro atoms. The van der Waals surface area contributed by atoms with E-state index in [0.29, 0.717) is 10.0 Å². The fourth-order valence-electron chi connectivity index (χ4n) is 0.788. The van der Waals surface area contributed by atoms with Crippen molar-refractivity contribution in [3.8, 4) is 5.75 Å². The number of hydrogen-bond acceptors (Lipinski definition) is 3. The van der Waals surface area contributed by atoms with Gasteiger partial charge in [-0.05, 0) is 12.1 Å². The molecule has 0 aliphatic rings. The first-order chi connectivity index (χ1) is 7.13. The lowest BCUT2D eigenvalue weighted by atomic mass is 10.3. The number of ether oxygens (including phenoxy) is 2. The van der Waals surface area contributed by atoms with Crippen molar-refractivity contribution >= 4 is 41.0 Å². The number of benzene rings is 1. The minimum absolute atomic E-state index is 0.0989. The molecule has 0 saturated heterocycles. The number of rotatable bonds is 3. The highest BCUT2D eigenvalue weighted by atomic mass is 35.5. The molecule has 0 atom stereocenters. The van der Waals surface area contributed by atoms with Crippen LogP contribution in [0.3, 0.4) is 0 Å². The third kappa shape index (κ3) is 4.16. The van der Waals surface area contributed by atoms with Crippen LogP contribution in [-0.4, -0.2) is 18.6 Å². The average molecular weight is 270 g/mol. The van der Waals surface area contributed by atoms with Crippen molar-refractivity contribution in [1.82, 2.24) is 0 Å². The zero-order chi connectivity index (χ0) is 11.3. The molecular formula is C9H7Cl3O3. The quantitative estimate of drug-likeness (QED) is 0.476. The van der Waals surface area contributed by atoms with E-state index in [9.17, 15) is 4.79 Å². The summed E-state index contributed by atoms with van der Waals surface area (Å²) in [4.78, 5) is 11.0. The Morgan fingerprint density at radius 2 is 2.00 bits per heavy atom. The summed E-state index contributed by atoms with van der Waals surface area (Å²) in [6, 6.07) is 4.45. The topological polar surface area (TPSA) is 35.5 Å². The maximum atomic E-state index is 11.0. The van der Waals surface area contributed by atoms with Crippen LogP contribution in [0, 0.1) is 0 Å². The Morgan fingerprint density at radius 3 is 2.60 bits per heavy atom. The van der Waals surface area contributed by atoms with E-state index in [1.807, 2.05) is 0 Å². The van der Waals surface area contributed by atoms with Gasteiger partial charge in [0.05, 0.1) is 15.9 Å². The number of halogens is 3. The van der Waals surface area contributed by atoms with Crippen molar-refractivity contribution in [2.75, 3.05) is 12.5 Å². The fraction of sp³-hybridized carbons (Fsp3) is 0.222. The monoisotopic (exact) mass is 268 g/mol. The van der Waals surface area contributed by atoms with Crippen molar-refractivity contribution in [2.45, 2.75) is 0 Å². The number of carbonyl (C=O) groups excluding carboxylic acids is 1. The normalized spacial score (nSPS) is 9.80. The van der Waals surface area contributed by atoms with Crippen molar-refractivity contribution in [1.29, 1.82) is 0 Å². The molecule has 0 fully saturated rings. The van der Waals surface area contributed by atoms with Crippen molar-refractivity contribution in [2.24, 2.45) is 0 Å². The molecule has 0 heterocycles. The van der Waals surface area contributed by atoms with Crippen LogP contribution in [0.4, 0.5) is 4.79 Å². The third-order valence-corrected chi connectivity index (χ3v) is 2.28. The van der Waals surface area contributed by atoms with Gasteiger partial charge in [0.15, 0.2) is 0 Å². The van der Waals surface area contributed by atoms with Crippen LogP contribution in [0.1, 0.15) is 0 Å². The van der Waals surface area contributed by atoms with Crippen molar-refractivity contribution < 1.29 is 14.3 Å². The maximum Gasteiger partial charge on any atom is 0.513 e. The second kappa shape index (κ2) is 6.05. The standard InChI is InChI=1S/C9H7Cl3O3/c10-3-4-14-9(13)15-6-1-2-7(11)8(12)5-6/h1-2,5H,3-4H2. The van der Waals surface area contributed by atoms with E-state index in [1.165, 1.54) is 18.2 Å². The van der Waals surface area contributed by atoms with E-state index in [1.54, 1.807) is 0 Å². The van der Waals surface area contributed by atoms with E-state index < -0.39 is 6.16 Å². The predicted molar refractivity (Wildman–Crippen MR) is 59.2 cm³/mol. The van der Waals surface area contributed by atoms with Gasteiger partial charge in [-0.3, -0.25) is 0 Å². The zero-order valence-electron chi connectivity index (χ0n) is 7.50. The molecule has 0 saturated carbocycles. The Labute approximate surface area is 102 Å². The molecule has 1 rings (SSSR count). The van der Waals surface area contributed by atoms with E-state index in [2.05, 4.69) is 4.74 Å². The predicted octanol–water partition coefficient (Wildman–Crippen LogP) is 3.75. The molecule has 0 aliphatic heterocycles. The van der Waals surface area contributed by atoms with Gasteiger partial charge < -0.3 is 9.47 Å². The summed E-state index contributed by atoms with van der Waals surface area (Å²) in [6.07, 6.45) is -0.825. The molecule has 0 bridgehead atoms. The second-order valence-electron chi connectivity index (χ2n) is 2.47. The summed E-state index contributed by atoms with van der Waals surface area (Å²) >= 11 is 16.7. The Balaban J connectivity index is 2.57. The van der Waals surface area contributed by atoms with Gasteiger partial charge in [-0.15, -0.1) is 11.6 Å². The Bertz CT molecular complexity index is 354. The molecule has 6 heteroatoms. The Morgan fingerprint density at radius 1 is 1.27 bits per heavy atom. The van der Waals surface area contributed by atoms with Crippen LogP contribution in [0.2, 0.25) is 10.0 Å². The van der Waals surface area contributed by atoms with E-state index >= 15 is 0 Å². The number of alkyl halides is 1.